The standard InChI is InChI=1S/C12H26O3Si/c1-7-12(3,4)11(13)14-9-10-15-16(5,6)8-2/h7-10H2,1-6H3. The summed E-state index contributed by atoms with van der Waals surface area (Å²) in [4.78, 5) is 11.6. The molecule has 0 saturated heterocycles. The van der Waals surface area contributed by atoms with Crippen LogP contribution < -0.4 is 0 Å². The van der Waals surface area contributed by atoms with Crippen molar-refractivity contribution in [1.82, 2.24) is 0 Å². The van der Waals surface area contributed by atoms with Crippen LogP contribution in [0.1, 0.15) is 34.1 Å². The first-order valence-electron chi connectivity index (χ1n) is 6.06. The van der Waals surface area contributed by atoms with Crippen molar-refractivity contribution in [1.29, 1.82) is 0 Å². The predicted octanol–water partition coefficient (Wildman–Crippen LogP) is 3.21. The van der Waals surface area contributed by atoms with Crippen LogP contribution in [0, 0.1) is 5.41 Å². The maximum absolute atomic E-state index is 11.6. The van der Waals surface area contributed by atoms with Crippen LogP contribution in [0.4, 0.5) is 0 Å². The zero-order valence-electron chi connectivity index (χ0n) is 11.6. The SMILES string of the molecule is CCC(C)(C)C(=O)OCCO[Si](C)(C)CC. The van der Waals surface area contributed by atoms with Gasteiger partial charge < -0.3 is 9.16 Å². The first-order chi connectivity index (χ1) is 7.25. The molecule has 3 nitrogen and oxygen atoms in total. The molecule has 96 valence electrons. The van der Waals surface area contributed by atoms with E-state index in [0.29, 0.717) is 13.2 Å². The Morgan fingerprint density at radius 1 is 1.19 bits per heavy atom. The Hall–Kier alpha value is -0.353. The van der Waals surface area contributed by atoms with E-state index in [0.717, 1.165) is 12.5 Å². The molecule has 0 saturated carbocycles. The molecule has 0 aromatic carbocycles. The molecular weight excluding hydrogens is 220 g/mol. The summed E-state index contributed by atoms with van der Waals surface area (Å²) in [7, 11) is -1.49. The Morgan fingerprint density at radius 2 is 1.75 bits per heavy atom. The molecule has 0 fully saturated rings. The van der Waals surface area contributed by atoms with E-state index in [1.807, 2.05) is 20.8 Å². The van der Waals surface area contributed by atoms with Crippen molar-refractivity contribution in [2.45, 2.75) is 53.3 Å². The Morgan fingerprint density at radius 3 is 2.19 bits per heavy atom. The lowest BCUT2D eigenvalue weighted by molar-refractivity contribution is -0.154. The molecule has 0 spiro atoms. The van der Waals surface area contributed by atoms with Gasteiger partial charge in [-0.3, -0.25) is 4.79 Å². The molecule has 0 aromatic heterocycles. The Kier molecular flexibility index (Phi) is 6.26. The molecule has 0 aliphatic heterocycles. The van der Waals surface area contributed by atoms with Crippen molar-refractivity contribution >= 4 is 14.3 Å². The van der Waals surface area contributed by atoms with Crippen LogP contribution in [0.2, 0.25) is 19.1 Å². The number of hydrogen-bond acceptors (Lipinski definition) is 3. The molecule has 0 N–H and O–H groups in total. The van der Waals surface area contributed by atoms with Gasteiger partial charge in [0.2, 0.25) is 0 Å². The smallest absolute Gasteiger partial charge is 0.311 e. The highest BCUT2D eigenvalue weighted by Crippen LogP contribution is 2.21. The van der Waals surface area contributed by atoms with Crippen LogP contribution in [0.5, 0.6) is 0 Å². The summed E-state index contributed by atoms with van der Waals surface area (Å²) in [5, 5.41) is 0. The number of esters is 1. The van der Waals surface area contributed by atoms with Crippen molar-refractivity contribution in [3.05, 3.63) is 0 Å². The highest BCUT2D eigenvalue weighted by atomic mass is 28.4. The van der Waals surface area contributed by atoms with Gasteiger partial charge >= 0.3 is 5.97 Å². The quantitative estimate of drug-likeness (QED) is 0.393. The lowest BCUT2D eigenvalue weighted by Gasteiger charge is -2.23. The summed E-state index contributed by atoms with van der Waals surface area (Å²) < 4.78 is 10.9. The summed E-state index contributed by atoms with van der Waals surface area (Å²) >= 11 is 0. The number of hydrogen-bond donors (Lipinski definition) is 0. The van der Waals surface area contributed by atoms with Crippen LogP contribution in [0.3, 0.4) is 0 Å². The summed E-state index contributed by atoms with van der Waals surface area (Å²) in [6.07, 6.45) is 0.794. The second-order valence-corrected chi connectivity index (χ2v) is 9.85. The van der Waals surface area contributed by atoms with Crippen molar-refractivity contribution in [2.75, 3.05) is 13.2 Å². The number of carbonyl (C=O) groups excluding carboxylic acids is 1. The molecule has 0 atom stereocenters. The van der Waals surface area contributed by atoms with Crippen LogP contribution >= 0.6 is 0 Å². The lowest BCUT2D eigenvalue weighted by atomic mass is 9.91. The van der Waals surface area contributed by atoms with Gasteiger partial charge in [0.05, 0.1) is 12.0 Å². The molecule has 0 unspecified atom stereocenters. The van der Waals surface area contributed by atoms with Crippen molar-refractivity contribution in [3.63, 3.8) is 0 Å². The summed E-state index contributed by atoms with van der Waals surface area (Å²) in [6, 6.07) is 1.08. The van der Waals surface area contributed by atoms with Gasteiger partial charge in [-0.1, -0.05) is 13.8 Å². The van der Waals surface area contributed by atoms with Crippen LogP contribution in [0.25, 0.3) is 0 Å². The van der Waals surface area contributed by atoms with Gasteiger partial charge in [-0.15, -0.1) is 0 Å². The minimum absolute atomic E-state index is 0.130. The molecule has 0 bridgehead atoms. The third-order valence-corrected chi connectivity index (χ3v) is 5.79. The molecule has 16 heavy (non-hydrogen) atoms. The number of ether oxygens (including phenoxy) is 1. The molecule has 0 aromatic rings. The Labute approximate surface area is 101 Å². The number of carbonyl (C=O) groups is 1. The van der Waals surface area contributed by atoms with Gasteiger partial charge in [0.15, 0.2) is 8.32 Å². The van der Waals surface area contributed by atoms with Gasteiger partial charge in [-0.25, -0.2) is 0 Å². The fraction of sp³-hybridized carbons (Fsp3) is 0.917. The maximum Gasteiger partial charge on any atom is 0.311 e. The largest absolute Gasteiger partial charge is 0.463 e. The van der Waals surface area contributed by atoms with Gasteiger partial charge in [0, 0.05) is 0 Å². The Balaban J connectivity index is 3.80. The monoisotopic (exact) mass is 246 g/mol. The summed E-state index contributed by atoms with van der Waals surface area (Å²) in [6.45, 7) is 13.2. The molecule has 4 heteroatoms. The van der Waals surface area contributed by atoms with Gasteiger partial charge in [0.1, 0.15) is 6.61 Å². The van der Waals surface area contributed by atoms with E-state index >= 15 is 0 Å². The summed E-state index contributed by atoms with van der Waals surface area (Å²) in [5.74, 6) is -0.130. The molecule has 0 amide bonds. The molecule has 0 radical (unpaired) electrons. The minimum Gasteiger partial charge on any atom is -0.463 e. The van der Waals surface area contributed by atoms with Gasteiger partial charge in [0.25, 0.3) is 0 Å². The van der Waals surface area contributed by atoms with Gasteiger partial charge in [-0.05, 0) is 39.4 Å². The van der Waals surface area contributed by atoms with Crippen molar-refractivity contribution in [3.8, 4) is 0 Å². The third-order valence-electron chi connectivity index (χ3n) is 3.10. The molecular formula is C12H26O3Si. The molecule has 0 rings (SSSR count). The van der Waals surface area contributed by atoms with E-state index in [9.17, 15) is 4.79 Å². The van der Waals surface area contributed by atoms with Crippen LogP contribution in [-0.2, 0) is 14.0 Å². The average Bonchev–Trinajstić information content (AvgIpc) is 2.24. The van der Waals surface area contributed by atoms with Gasteiger partial charge in [-0.2, -0.15) is 0 Å². The van der Waals surface area contributed by atoms with Crippen LogP contribution in [0.15, 0.2) is 0 Å². The zero-order valence-corrected chi connectivity index (χ0v) is 12.6. The van der Waals surface area contributed by atoms with E-state index in [1.54, 1.807) is 0 Å². The van der Waals surface area contributed by atoms with Crippen molar-refractivity contribution < 1.29 is 14.0 Å². The van der Waals surface area contributed by atoms with E-state index in [2.05, 4.69) is 20.0 Å². The van der Waals surface area contributed by atoms with E-state index in [4.69, 9.17) is 9.16 Å². The first-order valence-corrected chi connectivity index (χ1v) is 9.18. The lowest BCUT2D eigenvalue weighted by Crippen LogP contribution is -2.32. The fourth-order valence-electron chi connectivity index (χ4n) is 0.894. The van der Waals surface area contributed by atoms with Crippen molar-refractivity contribution in [2.24, 2.45) is 5.41 Å². The maximum atomic E-state index is 11.6. The minimum atomic E-state index is -1.49. The highest BCUT2D eigenvalue weighted by Gasteiger charge is 2.27. The second kappa shape index (κ2) is 6.40. The van der Waals surface area contributed by atoms with E-state index < -0.39 is 8.32 Å². The molecule has 0 heterocycles. The number of rotatable bonds is 7. The van der Waals surface area contributed by atoms with E-state index in [-0.39, 0.29) is 11.4 Å². The fourth-order valence-corrected chi connectivity index (χ4v) is 1.73. The van der Waals surface area contributed by atoms with E-state index in [1.165, 1.54) is 0 Å². The third kappa shape index (κ3) is 5.65. The highest BCUT2D eigenvalue weighted by molar-refractivity contribution is 6.71. The normalized spacial score (nSPS) is 12.6. The zero-order chi connectivity index (χ0) is 12.8. The molecule has 0 aliphatic rings. The van der Waals surface area contributed by atoms with Crippen LogP contribution in [-0.4, -0.2) is 27.5 Å². The topological polar surface area (TPSA) is 35.5 Å². The summed E-state index contributed by atoms with van der Waals surface area (Å²) in [5.41, 5.74) is -0.377. The second-order valence-electron chi connectivity index (χ2n) is 5.34. The Bertz CT molecular complexity index is 224. The average molecular weight is 246 g/mol. The first kappa shape index (κ1) is 15.6. The predicted molar refractivity (Wildman–Crippen MR) is 68.9 cm³/mol. The molecule has 0 aliphatic carbocycles.